The Morgan fingerprint density at radius 1 is 0.844 bits per heavy atom. The van der Waals surface area contributed by atoms with E-state index in [4.69, 9.17) is 4.74 Å². The lowest BCUT2D eigenvalue weighted by Gasteiger charge is -2.10. The van der Waals surface area contributed by atoms with Crippen LogP contribution in [0.15, 0.2) is 83.8 Å². The van der Waals surface area contributed by atoms with E-state index in [1.165, 1.54) is 31.4 Å². The van der Waals surface area contributed by atoms with Crippen LogP contribution in [-0.2, 0) is 27.8 Å². The standard InChI is InChI=1S/C23H23N3O5S/c1-31-20-11-5-9-18(13-20)14-22(27)25-26-23(28)19-10-6-12-21(15-19)32(29,30)24-16-17-7-3-2-4-8-17/h2-13,15,24H,14,16H2,1H3,(H,25,27)(H,26,28). The van der Waals surface area contributed by atoms with E-state index in [-0.39, 0.29) is 23.4 Å². The molecule has 32 heavy (non-hydrogen) atoms. The van der Waals surface area contributed by atoms with Crippen molar-refractivity contribution in [2.75, 3.05) is 7.11 Å². The summed E-state index contributed by atoms with van der Waals surface area (Å²) in [4.78, 5) is 24.5. The van der Waals surface area contributed by atoms with Gasteiger partial charge in [0.25, 0.3) is 5.91 Å². The third-order valence-electron chi connectivity index (χ3n) is 4.53. The lowest BCUT2D eigenvalue weighted by molar-refractivity contribution is -0.121. The van der Waals surface area contributed by atoms with Gasteiger partial charge in [-0.3, -0.25) is 20.4 Å². The fraction of sp³-hybridized carbons (Fsp3) is 0.130. The van der Waals surface area contributed by atoms with E-state index in [1.807, 2.05) is 18.2 Å². The number of hydrogen-bond donors (Lipinski definition) is 3. The lowest BCUT2D eigenvalue weighted by Crippen LogP contribution is -2.42. The van der Waals surface area contributed by atoms with E-state index in [9.17, 15) is 18.0 Å². The number of amides is 2. The first-order chi connectivity index (χ1) is 15.4. The minimum Gasteiger partial charge on any atom is -0.497 e. The van der Waals surface area contributed by atoms with Gasteiger partial charge >= 0.3 is 0 Å². The van der Waals surface area contributed by atoms with Crippen LogP contribution in [0.5, 0.6) is 5.75 Å². The Morgan fingerprint density at radius 2 is 1.56 bits per heavy atom. The van der Waals surface area contributed by atoms with Crippen LogP contribution in [0, 0.1) is 0 Å². The van der Waals surface area contributed by atoms with Gasteiger partial charge in [-0.05, 0) is 41.5 Å². The number of rotatable bonds is 8. The van der Waals surface area contributed by atoms with Gasteiger partial charge in [0.1, 0.15) is 5.75 Å². The number of nitrogens with one attached hydrogen (secondary N) is 3. The first-order valence-electron chi connectivity index (χ1n) is 9.73. The molecule has 0 bridgehead atoms. The highest BCUT2D eigenvalue weighted by molar-refractivity contribution is 7.89. The van der Waals surface area contributed by atoms with Crippen molar-refractivity contribution in [2.45, 2.75) is 17.9 Å². The van der Waals surface area contributed by atoms with E-state index in [0.29, 0.717) is 11.3 Å². The summed E-state index contributed by atoms with van der Waals surface area (Å²) >= 11 is 0. The predicted octanol–water partition coefficient (Wildman–Crippen LogP) is 2.18. The Labute approximate surface area is 186 Å². The van der Waals surface area contributed by atoms with Crippen molar-refractivity contribution in [1.29, 1.82) is 0 Å². The predicted molar refractivity (Wildman–Crippen MR) is 119 cm³/mol. The second-order valence-corrected chi connectivity index (χ2v) is 8.64. The molecule has 0 radical (unpaired) electrons. The van der Waals surface area contributed by atoms with E-state index >= 15 is 0 Å². The van der Waals surface area contributed by atoms with Gasteiger partial charge in [-0.25, -0.2) is 13.1 Å². The van der Waals surface area contributed by atoms with Crippen LogP contribution in [0.4, 0.5) is 0 Å². The third kappa shape index (κ3) is 6.40. The molecule has 8 nitrogen and oxygen atoms in total. The molecule has 0 aromatic heterocycles. The number of carbonyl (C=O) groups is 2. The Bertz CT molecular complexity index is 1200. The van der Waals surface area contributed by atoms with Crippen LogP contribution < -0.4 is 20.3 Å². The topological polar surface area (TPSA) is 114 Å². The maximum absolute atomic E-state index is 12.6. The summed E-state index contributed by atoms with van der Waals surface area (Å²) in [6.45, 7) is 0.125. The maximum atomic E-state index is 12.6. The van der Waals surface area contributed by atoms with Crippen molar-refractivity contribution in [3.05, 3.63) is 95.6 Å². The lowest BCUT2D eigenvalue weighted by atomic mass is 10.1. The Kier molecular flexibility index (Phi) is 7.58. The molecular formula is C23H23N3O5S. The minimum absolute atomic E-state index is 0.0370. The molecule has 0 aliphatic heterocycles. The zero-order valence-corrected chi connectivity index (χ0v) is 18.2. The molecule has 0 aliphatic rings. The molecule has 166 valence electrons. The molecule has 2 amide bonds. The minimum atomic E-state index is -3.82. The quantitative estimate of drug-likeness (QED) is 0.453. The third-order valence-corrected chi connectivity index (χ3v) is 5.93. The van der Waals surface area contributed by atoms with Crippen LogP contribution in [0.1, 0.15) is 21.5 Å². The first kappa shape index (κ1) is 23.0. The summed E-state index contributed by atoms with van der Waals surface area (Å²) in [5.41, 5.74) is 6.24. The molecule has 0 spiro atoms. The molecule has 0 saturated carbocycles. The van der Waals surface area contributed by atoms with Crippen LogP contribution in [0.25, 0.3) is 0 Å². The average Bonchev–Trinajstić information content (AvgIpc) is 2.82. The van der Waals surface area contributed by atoms with E-state index in [2.05, 4.69) is 15.6 Å². The van der Waals surface area contributed by atoms with Gasteiger partial charge in [0.15, 0.2) is 0 Å². The normalized spacial score (nSPS) is 10.9. The summed E-state index contributed by atoms with van der Waals surface area (Å²) in [5.74, 6) is -0.442. The summed E-state index contributed by atoms with van der Waals surface area (Å²) < 4.78 is 32.8. The number of hydrogen-bond acceptors (Lipinski definition) is 5. The molecule has 9 heteroatoms. The molecule has 0 atom stereocenters. The number of benzene rings is 3. The smallest absolute Gasteiger partial charge is 0.269 e. The van der Waals surface area contributed by atoms with Crippen molar-refractivity contribution in [3.63, 3.8) is 0 Å². The van der Waals surface area contributed by atoms with Crippen molar-refractivity contribution >= 4 is 21.8 Å². The second-order valence-electron chi connectivity index (χ2n) is 6.87. The second kappa shape index (κ2) is 10.6. The fourth-order valence-electron chi connectivity index (χ4n) is 2.87. The number of carbonyl (C=O) groups excluding carboxylic acids is 2. The first-order valence-corrected chi connectivity index (χ1v) is 11.2. The van der Waals surface area contributed by atoms with Gasteiger partial charge in [-0.15, -0.1) is 0 Å². The van der Waals surface area contributed by atoms with Gasteiger partial charge < -0.3 is 4.74 Å². The molecule has 3 N–H and O–H groups in total. The van der Waals surface area contributed by atoms with Crippen molar-refractivity contribution in [3.8, 4) is 5.75 Å². The van der Waals surface area contributed by atoms with Crippen LogP contribution >= 0.6 is 0 Å². The Hall–Kier alpha value is -3.69. The summed E-state index contributed by atoms with van der Waals surface area (Å²) in [5, 5.41) is 0. The molecule has 3 aromatic rings. The van der Waals surface area contributed by atoms with E-state index in [1.54, 1.807) is 36.4 Å². The van der Waals surface area contributed by atoms with Gasteiger partial charge in [0.2, 0.25) is 15.9 Å². The summed E-state index contributed by atoms with van der Waals surface area (Å²) in [7, 11) is -2.29. The van der Waals surface area contributed by atoms with E-state index < -0.39 is 21.8 Å². The SMILES string of the molecule is COc1cccc(CC(=O)NNC(=O)c2cccc(S(=O)(=O)NCc3ccccc3)c2)c1. The van der Waals surface area contributed by atoms with Crippen molar-refractivity contribution < 1.29 is 22.7 Å². The van der Waals surface area contributed by atoms with Crippen molar-refractivity contribution in [2.24, 2.45) is 0 Å². The van der Waals surface area contributed by atoms with Crippen LogP contribution in [-0.4, -0.2) is 27.3 Å². The van der Waals surface area contributed by atoms with Crippen molar-refractivity contribution in [1.82, 2.24) is 15.6 Å². The summed E-state index contributed by atoms with van der Waals surface area (Å²) in [6, 6.07) is 21.7. The molecule has 0 unspecified atom stereocenters. The molecule has 3 rings (SSSR count). The number of hydrazine groups is 1. The largest absolute Gasteiger partial charge is 0.497 e. The van der Waals surface area contributed by atoms with E-state index in [0.717, 1.165) is 5.56 Å². The highest BCUT2D eigenvalue weighted by Gasteiger charge is 2.16. The molecule has 0 aliphatic carbocycles. The van der Waals surface area contributed by atoms with Gasteiger partial charge in [0, 0.05) is 12.1 Å². The molecule has 0 saturated heterocycles. The number of sulfonamides is 1. The zero-order valence-electron chi connectivity index (χ0n) is 17.4. The molecule has 0 heterocycles. The Balaban J connectivity index is 1.58. The monoisotopic (exact) mass is 453 g/mol. The Morgan fingerprint density at radius 3 is 2.31 bits per heavy atom. The summed E-state index contributed by atoms with van der Waals surface area (Å²) in [6.07, 6.45) is 0.0370. The highest BCUT2D eigenvalue weighted by Crippen LogP contribution is 2.14. The van der Waals surface area contributed by atoms with Gasteiger partial charge in [0.05, 0.1) is 18.4 Å². The number of ether oxygens (including phenoxy) is 1. The highest BCUT2D eigenvalue weighted by atomic mass is 32.2. The molecule has 0 fully saturated rings. The molecule has 3 aromatic carbocycles. The molecular weight excluding hydrogens is 430 g/mol. The van der Waals surface area contributed by atoms with Crippen LogP contribution in [0.3, 0.4) is 0 Å². The fourth-order valence-corrected chi connectivity index (χ4v) is 3.94. The maximum Gasteiger partial charge on any atom is 0.269 e. The van der Waals surface area contributed by atoms with Gasteiger partial charge in [-0.2, -0.15) is 0 Å². The number of methoxy groups -OCH3 is 1. The van der Waals surface area contributed by atoms with Crippen LogP contribution in [0.2, 0.25) is 0 Å². The van der Waals surface area contributed by atoms with Gasteiger partial charge in [-0.1, -0.05) is 48.5 Å². The average molecular weight is 454 g/mol. The zero-order chi connectivity index (χ0) is 23.0.